The van der Waals surface area contributed by atoms with Crippen molar-refractivity contribution in [3.05, 3.63) is 83.9 Å². The van der Waals surface area contributed by atoms with E-state index < -0.39 is 0 Å². The number of nitriles is 1. The molecule has 0 saturated heterocycles. The van der Waals surface area contributed by atoms with E-state index in [9.17, 15) is 10.1 Å². The Labute approximate surface area is 175 Å². The molecule has 4 rings (SSSR count). The van der Waals surface area contributed by atoms with Crippen LogP contribution >= 0.6 is 0 Å². The first-order valence-electron chi connectivity index (χ1n) is 9.61. The Morgan fingerprint density at radius 3 is 2.47 bits per heavy atom. The van der Waals surface area contributed by atoms with Crippen molar-refractivity contribution >= 4 is 22.5 Å². The van der Waals surface area contributed by atoms with Crippen LogP contribution in [0.4, 0.5) is 5.69 Å². The van der Waals surface area contributed by atoms with E-state index in [0.717, 1.165) is 39.2 Å². The van der Waals surface area contributed by atoms with E-state index in [2.05, 4.69) is 11.4 Å². The average molecular weight is 395 g/mol. The largest absolute Gasteiger partial charge is 0.497 e. The Kier molecular flexibility index (Phi) is 5.23. The number of fused-ring (bicyclic) bond motifs is 1. The Morgan fingerprint density at radius 2 is 1.80 bits per heavy atom. The molecule has 0 unspecified atom stereocenters. The van der Waals surface area contributed by atoms with Crippen LogP contribution in [0.1, 0.15) is 11.1 Å². The van der Waals surface area contributed by atoms with E-state index in [1.165, 1.54) is 0 Å². The van der Waals surface area contributed by atoms with Crippen molar-refractivity contribution in [1.82, 2.24) is 4.57 Å². The summed E-state index contributed by atoms with van der Waals surface area (Å²) >= 11 is 0. The number of hydrogen-bond acceptors (Lipinski definition) is 3. The van der Waals surface area contributed by atoms with Crippen LogP contribution in [0.25, 0.3) is 22.2 Å². The van der Waals surface area contributed by atoms with E-state index >= 15 is 0 Å². The Bertz CT molecular complexity index is 1250. The van der Waals surface area contributed by atoms with E-state index in [0.29, 0.717) is 12.0 Å². The number of ether oxygens (including phenoxy) is 1. The van der Waals surface area contributed by atoms with Gasteiger partial charge in [-0.3, -0.25) is 4.79 Å². The molecule has 5 heteroatoms. The third-order valence-corrected chi connectivity index (χ3v) is 5.17. The van der Waals surface area contributed by atoms with Crippen LogP contribution in [-0.2, 0) is 18.3 Å². The molecule has 0 bridgehead atoms. The summed E-state index contributed by atoms with van der Waals surface area (Å²) in [6.45, 7) is 0. The van der Waals surface area contributed by atoms with Crippen molar-refractivity contribution in [1.29, 1.82) is 5.26 Å². The topological polar surface area (TPSA) is 67.0 Å². The second kappa shape index (κ2) is 8.14. The van der Waals surface area contributed by atoms with Crippen LogP contribution in [0.2, 0.25) is 0 Å². The number of amides is 1. The number of benzene rings is 3. The van der Waals surface area contributed by atoms with Gasteiger partial charge in [-0.2, -0.15) is 5.26 Å². The number of hydrogen-bond donors (Lipinski definition) is 1. The van der Waals surface area contributed by atoms with Crippen LogP contribution in [0.3, 0.4) is 0 Å². The van der Waals surface area contributed by atoms with E-state index in [1.807, 2.05) is 84.4 Å². The molecule has 1 amide bonds. The van der Waals surface area contributed by atoms with E-state index in [-0.39, 0.29) is 5.91 Å². The highest BCUT2D eigenvalue weighted by atomic mass is 16.5. The summed E-state index contributed by atoms with van der Waals surface area (Å²) < 4.78 is 7.32. The first-order chi connectivity index (χ1) is 14.6. The summed E-state index contributed by atoms with van der Waals surface area (Å²) in [7, 11) is 3.56. The zero-order valence-corrected chi connectivity index (χ0v) is 16.8. The molecule has 0 aliphatic carbocycles. The number of carbonyl (C=O) groups is 1. The van der Waals surface area contributed by atoms with Gasteiger partial charge in [0.25, 0.3) is 0 Å². The number of methoxy groups -OCH3 is 1. The van der Waals surface area contributed by atoms with Gasteiger partial charge in [0.1, 0.15) is 11.8 Å². The maximum Gasteiger partial charge on any atom is 0.228 e. The minimum Gasteiger partial charge on any atom is -0.497 e. The van der Waals surface area contributed by atoms with Crippen LogP contribution in [0.5, 0.6) is 5.75 Å². The number of aryl methyl sites for hydroxylation is 1. The van der Waals surface area contributed by atoms with E-state index in [1.54, 1.807) is 7.11 Å². The summed E-state index contributed by atoms with van der Waals surface area (Å²) in [4.78, 5) is 12.3. The van der Waals surface area contributed by atoms with Gasteiger partial charge in [0.2, 0.25) is 5.91 Å². The molecule has 0 saturated carbocycles. The van der Waals surface area contributed by atoms with Crippen LogP contribution in [0, 0.1) is 11.3 Å². The molecule has 0 spiro atoms. The Hall–Kier alpha value is -4.04. The number of nitrogens with one attached hydrogen (secondary N) is 1. The summed E-state index contributed by atoms with van der Waals surface area (Å²) in [5.41, 5.74) is 4.99. The molecule has 1 aromatic heterocycles. The average Bonchev–Trinajstić information content (AvgIpc) is 3.06. The smallest absolute Gasteiger partial charge is 0.228 e. The molecule has 1 N–H and O–H groups in total. The zero-order valence-electron chi connectivity index (χ0n) is 16.8. The van der Waals surface area contributed by atoms with Crippen molar-refractivity contribution in [2.24, 2.45) is 7.05 Å². The van der Waals surface area contributed by atoms with Crippen molar-refractivity contribution in [2.45, 2.75) is 6.42 Å². The predicted molar refractivity (Wildman–Crippen MR) is 118 cm³/mol. The minimum atomic E-state index is -0.0663. The molecule has 30 heavy (non-hydrogen) atoms. The van der Waals surface area contributed by atoms with Crippen molar-refractivity contribution in [2.75, 3.05) is 12.4 Å². The summed E-state index contributed by atoms with van der Waals surface area (Å²) in [6.07, 6.45) is 0.326. The zero-order chi connectivity index (χ0) is 21.1. The van der Waals surface area contributed by atoms with Gasteiger partial charge >= 0.3 is 0 Å². The molecule has 148 valence electrons. The normalized spacial score (nSPS) is 10.6. The quantitative estimate of drug-likeness (QED) is 0.522. The van der Waals surface area contributed by atoms with Gasteiger partial charge in [-0.05, 0) is 35.4 Å². The predicted octanol–water partition coefficient (Wildman–Crippen LogP) is 4.91. The van der Waals surface area contributed by atoms with Crippen LogP contribution < -0.4 is 10.1 Å². The van der Waals surface area contributed by atoms with Gasteiger partial charge in [0.15, 0.2) is 0 Å². The molecule has 0 fully saturated rings. The molecule has 5 nitrogen and oxygen atoms in total. The van der Waals surface area contributed by atoms with Gasteiger partial charge in [0.05, 0.1) is 30.3 Å². The van der Waals surface area contributed by atoms with Gasteiger partial charge < -0.3 is 14.6 Å². The number of carbonyl (C=O) groups excluding carboxylic acids is 1. The fourth-order valence-electron chi connectivity index (χ4n) is 3.69. The first kappa shape index (κ1) is 19.3. The Morgan fingerprint density at radius 1 is 1.07 bits per heavy atom. The molecular weight excluding hydrogens is 374 g/mol. The van der Waals surface area contributed by atoms with Gasteiger partial charge in [-0.1, -0.05) is 42.5 Å². The number of rotatable bonds is 5. The number of nitrogens with zero attached hydrogens (tertiary/aromatic N) is 2. The first-order valence-corrected chi connectivity index (χ1v) is 9.61. The van der Waals surface area contributed by atoms with Crippen molar-refractivity contribution in [3.8, 4) is 23.1 Å². The lowest BCUT2D eigenvalue weighted by atomic mass is 10.1. The molecule has 3 aromatic carbocycles. The third kappa shape index (κ3) is 3.63. The lowest BCUT2D eigenvalue weighted by Crippen LogP contribution is -2.14. The van der Waals surface area contributed by atoms with Crippen LogP contribution in [0.15, 0.2) is 72.8 Å². The molecule has 0 radical (unpaired) electrons. The number of anilines is 1. The highest BCUT2D eigenvalue weighted by molar-refractivity contribution is 5.96. The van der Waals surface area contributed by atoms with Gasteiger partial charge in [0, 0.05) is 24.2 Å². The monoisotopic (exact) mass is 395 g/mol. The summed E-state index contributed by atoms with van der Waals surface area (Å²) in [5.74, 6) is 0.680. The second-order valence-electron chi connectivity index (χ2n) is 7.07. The molecule has 0 aliphatic rings. The lowest BCUT2D eigenvalue weighted by Gasteiger charge is -2.09. The maximum absolute atomic E-state index is 12.3. The molecule has 0 aliphatic heterocycles. The molecule has 1 heterocycles. The highest BCUT2D eigenvalue weighted by Gasteiger charge is 2.17. The lowest BCUT2D eigenvalue weighted by molar-refractivity contribution is -0.115. The fourth-order valence-corrected chi connectivity index (χ4v) is 3.69. The number of aromatic nitrogens is 1. The van der Waals surface area contributed by atoms with Crippen molar-refractivity contribution < 1.29 is 9.53 Å². The maximum atomic E-state index is 12.3. The minimum absolute atomic E-state index is 0.0663. The highest BCUT2D eigenvalue weighted by Crippen LogP contribution is 2.34. The van der Waals surface area contributed by atoms with Crippen molar-refractivity contribution in [3.63, 3.8) is 0 Å². The summed E-state index contributed by atoms with van der Waals surface area (Å²) in [6, 6.07) is 25.2. The van der Waals surface area contributed by atoms with E-state index in [4.69, 9.17) is 4.74 Å². The fraction of sp³-hybridized carbons (Fsp3) is 0.120. The van der Waals surface area contributed by atoms with Gasteiger partial charge in [-0.15, -0.1) is 0 Å². The van der Waals surface area contributed by atoms with Gasteiger partial charge in [-0.25, -0.2) is 0 Å². The summed E-state index contributed by atoms with van der Waals surface area (Å²) in [5, 5.41) is 13.6. The molecule has 4 aromatic rings. The molecular formula is C25H21N3O2. The third-order valence-electron chi connectivity index (χ3n) is 5.17. The molecule has 0 atom stereocenters. The standard InChI is InChI=1S/C25H21N3O2/c1-28-23-15-20(30-2)12-13-21(23)22(16-26)25(28)18-8-10-19(11-9-18)27-24(29)14-17-6-4-3-5-7-17/h3-13,15H,14H2,1-2H3,(H,27,29). The second-order valence-corrected chi connectivity index (χ2v) is 7.07. The van der Waals surface area contributed by atoms with Crippen LogP contribution in [-0.4, -0.2) is 17.6 Å². The Balaban J connectivity index is 1.61. The SMILES string of the molecule is COc1ccc2c(C#N)c(-c3ccc(NC(=O)Cc4ccccc4)cc3)n(C)c2c1.